The van der Waals surface area contributed by atoms with Gasteiger partial charge in [-0.05, 0) is 83.9 Å². The molecule has 0 amide bonds. The fraction of sp³-hybridized carbons (Fsp3) is 0.0345. The van der Waals surface area contributed by atoms with E-state index in [1.165, 1.54) is 0 Å². The maximum atomic E-state index is 7.11. The zero-order valence-corrected chi connectivity index (χ0v) is 36.1. The second-order valence-corrected chi connectivity index (χ2v) is 16.6. The summed E-state index contributed by atoms with van der Waals surface area (Å²) in [4.78, 5) is 20.3. The van der Waals surface area contributed by atoms with Crippen LogP contribution in [0.3, 0.4) is 0 Å². The van der Waals surface area contributed by atoms with Crippen molar-refractivity contribution in [3.63, 3.8) is 0 Å². The van der Waals surface area contributed by atoms with E-state index in [2.05, 4.69) is 191 Å². The minimum atomic E-state index is 0.484. The molecule has 66 heavy (non-hydrogen) atoms. The van der Waals surface area contributed by atoms with E-state index in [9.17, 15) is 0 Å². The molecule has 8 heteroatoms. The van der Waals surface area contributed by atoms with Crippen molar-refractivity contribution < 1.29 is 8.83 Å². The van der Waals surface area contributed by atoms with Gasteiger partial charge in [-0.3, -0.25) is 0 Å². The molecule has 2 aliphatic rings. The van der Waals surface area contributed by atoms with E-state index in [1.54, 1.807) is 0 Å². The number of anilines is 10. The number of benzene rings is 9. The number of rotatable bonds is 6. The largest absolute Gasteiger partial charge is 0.436 e. The third kappa shape index (κ3) is 5.64. The van der Waals surface area contributed by atoms with E-state index < -0.39 is 0 Å². The smallest absolute Gasteiger partial charge is 0.230 e. The average molecular weight is 853 g/mol. The lowest BCUT2D eigenvalue weighted by atomic mass is 9.82. The number of hydrogen-bond acceptors (Lipinski definition) is 8. The Morgan fingerprint density at radius 1 is 0.303 bits per heavy atom. The van der Waals surface area contributed by atoms with Gasteiger partial charge in [0.25, 0.3) is 0 Å². The predicted molar refractivity (Wildman–Crippen MR) is 269 cm³/mol. The van der Waals surface area contributed by atoms with Gasteiger partial charge in [0.1, 0.15) is 11.0 Å². The molecule has 0 spiro atoms. The molecular weight excluding hydrogens is 813 g/mol. The Morgan fingerprint density at radius 2 is 0.591 bits per heavy atom. The topological polar surface area (TPSA) is 65.0 Å². The molecule has 11 aromatic rings. The van der Waals surface area contributed by atoms with Crippen molar-refractivity contribution in [2.24, 2.45) is 0 Å². The predicted octanol–water partition coefficient (Wildman–Crippen LogP) is 15.7. The summed E-state index contributed by atoms with van der Waals surface area (Å²) in [5.41, 5.74) is 18.2. The number of nitrogens with zero attached hydrogens (tertiary/aromatic N) is 6. The summed E-state index contributed by atoms with van der Waals surface area (Å²) < 4.78 is 14.2. The maximum absolute atomic E-state index is 7.11. The van der Waals surface area contributed by atoms with Gasteiger partial charge < -0.3 is 28.4 Å². The van der Waals surface area contributed by atoms with Crippen LogP contribution in [0.5, 0.6) is 0 Å². The van der Waals surface area contributed by atoms with Crippen LogP contribution in [0.15, 0.2) is 215 Å². The number of hydrogen-bond donors (Lipinski definition) is 0. The molecule has 0 fully saturated rings. The lowest BCUT2D eigenvalue weighted by Crippen LogP contribution is -2.28. The van der Waals surface area contributed by atoms with Gasteiger partial charge >= 0.3 is 0 Å². The summed E-state index contributed by atoms with van der Waals surface area (Å²) in [6, 6.07) is 71.8. The van der Waals surface area contributed by atoms with E-state index in [0.29, 0.717) is 22.9 Å². The Balaban J connectivity index is 1.35. The molecule has 0 N–H and O–H groups in total. The molecule has 13 rings (SSSR count). The third-order valence-electron chi connectivity index (χ3n) is 13.0. The number of oxazole rings is 2. The first-order chi connectivity index (χ1) is 32.6. The summed E-state index contributed by atoms with van der Waals surface area (Å²) in [7, 11) is 4.28. The van der Waals surface area contributed by atoms with E-state index >= 15 is 0 Å². The highest BCUT2D eigenvalue weighted by atomic mass is 16.4. The van der Waals surface area contributed by atoms with E-state index in [-0.39, 0.29) is 0 Å². The normalized spacial score (nSPS) is 12.9. The summed E-state index contributed by atoms with van der Waals surface area (Å²) in [5, 5.41) is 0. The Hall–Kier alpha value is -8.88. The molecular formula is C58H40N6O2. The molecule has 0 radical (unpaired) electrons. The zero-order valence-electron chi connectivity index (χ0n) is 36.1. The molecule has 2 aliphatic heterocycles. The third-order valence-corrected chi connectivity index (χ3v) is 13.0. The van der Waals surface area contributed by atoms with E-state index in [4.69, 9.17) is 18.8 Å². The van der Waals surface area contributed by atoms with Crippen molar-refractivity contribution in [1.82, 2.24) is 9.97 Å². The molecule has 0 atom stereocenters. The van der Waals surface area contributed by atoms with Gasteiger partial charge in [0.15, 0.2) is 11.2 Å². The van der Waals surface area contributed by atoms with Gasteiger partial charge in [0, 0.05) is 25.2 Å². The molecule has 0 bridgehead atoms. The molecule has 0 aliphatic carbocycles. The van der Waals surface area contributed by atoms with Crippen LogP contribution in [0, 0.1) is 0 Å². The Kier molecular flexibility index (Phi) is 8.48. The van der Waals surface area contributed by atoms with Crippen LogP contribution in [-0.2, 0) is 0 Å². The second kappa shape index (κ2) is 14.9. The highest BCUT2D eigenvalue weighted by Crippen LogP contribution is 2.65. The monoisotopic (exact) mass is 852 g/mol. The first-order valence-corrected chi connectivity index (χ1v) is 22.1. The standard InChI is InChI=1S/C58H40N6O2/c1-61-41-27-11-15-31-45(41)63(46-32-16-12-28-42(46)61)55-53(57-59-39-25-9-19-35-49(39)65-57)51(37-21-5-3-6-22-37)52(38-23-7-4-8-24-38)54(58-60-40-26-10-20-36-50(40)66-58)56(55)64-47-33-17-13-29-43(47)62(2)44-30-14-18-34-48(44)64/h3-36H,1-2H3. The van der Waals surface area contributed by atoms with Crippen molar-refractivity contribution in [3.05, 3.63) is 206 Å². The number of aromatic nitrogens is 2. The second-order valence-electron chi connectivity index (χ2n) is 16.6. The lowest BCUT2D eigenvalue weighted by Gasteiger charge is -2.44. The lowest BCUT2D eigenvalue weighted by molar-refractivity contribution is 0.618. The zero-order chi connectivity index (χ0) is 43.9. The van der Waals surface area contributed by atoms with Crippen molar-refractivity contribution in [2.75, 3.05) is 33.7 Å². The fourth-order valence-electron chi connectivity index (χ4n) is 10.1. The van der Waals surface area contributed by atoms with E-state index in [0.717, 1.165) is 101 Å². The van der Waals surface area contributed by atoms with Crippen LogP contribution in [-0.4, -0.2) is 24.1 Å². The van der Waals surface area contributed by atoms with Gasteiger partial charge in [0.05, 0.1) is 68.0 Å². The Morgan fingerprint density at radius 3 is 0.924 bits per heavy atom. The minimum absolute atomic E-state index is 0.484. The van der Waals surface area contributed by atoms with Crippen molar-refractivity contribution in [1.29, 1.82) is 0 Å². The Labute approximate surface area is 381 Å². The molecule has 2 aromatic heterocycles. The van der Waals surface area contributed by atoms with Crippen LogP contribution < -0.4 is 19.6 Å². The van der Waals surface area contributed by atoms with Gasteiger partial charge in [-0.25, -0.2) is 9.97 Å². The van der Waals surface area contributed by atoms with Crippen LogP contribution in [0.1, 0.15) is 0 Å². The van der Waals surface area contributed by atoms with Gasteiger partial charge in [-0.1, -0.05) is 133 Å². The molecule has 8 nitrogen and oxygen atoms in total. The quantitative estimate of drug-likeness (QED) is 0.164. The van der Waals surface area contributed by atoms with Crippen LogP contribution in [0.4, 0.5) is 56.9 Å². The van der Waals surface area contributed by atoms with Crippen molar-refractivity contribution >= 4 is 79.1 Å². The summed E-state index contributed by atoms with van der Waals surface area (Å²) >= 11 is 0. The maximum Gasteiger partial charge on any atom is 0.230 e. The highest BCUT2D eigenvalue weighted by Gasteiger charge is 2.42. The molecule has 4 heterocycles. The average Bonchev–Trinajstić information content (AvgIpc) is 4.02. The summed E-state index contributed by atoms with van der Waals surface area (Å²) in [6.45, 7) is 0. The minimum Gasteiger partial charge on any atom is -0.436 e. The van der Waals surface area contributed by atoms with Crippen LogP contribution in [0.25, 0.3) is 67.4 Å². The SMILES string of the molecule is CN1c2ccccc2N(c2c(-c3nc4ccccc4o3)c(-c3ccccc3)c(-c3ccccc3)c(-c3nc4ccccc4o3)c2N2c3ccccc3N(C)c3ccccc32)c2ccccc21. The number of para-hydroxylation sites is 12. The molecule has 0 saturated carbocycles. The van der Waals surface area contributed by atoms with Gasteiger partial charge in [-0.15, -0.1) is 0 Å². The fourth-order valence-corrected chi connectivity index (χ4v) is 10.1. The van der Waals surface area contributed by atoms with Gasteiger partial charge in [-0.2, -0.15) is 0 Å². The van der Waals surface area contributed by atoms with Gasteiger partial charge in [0.2, 0.25) is 11.8 Å². The molecule has 9 aromatic carbocycles. The first-order valence-electron chi connectivity index (χ1n) is 22.1. The Bertz CT molecular complexity index is 3270. The van der Waals surface area contributed by atoms with E-state index in [1.807, 2.05) is 48.5 Å². The summed E-state index contributed by atoms with van der Waals surface area (Å²) in [5.74, 6) is 0.967. The number of fused-ring (bicyclic) bond motifs is 6. The first kappa shape index (κ1) is 37.7. The summed E-state index contributed by atoms with van der Waals surface area (Å²) in [6.07, 6.45) is 0. The molecule has 0 unspecified atom stereocenters. The highest BCUT2D eigenvalue weighted by molar-refractivity contribution is 6.19. The van der Waals surface area contributed by atoms with Crippen molar-refractivity contribution in [2.45, 2.75) is 0 Å². The molecule has 0 saturated heterocycles. The van der Waals surface area contributed by atoms with Crippen LogP contribution >= 0.6 is 0 Å². The molecule has 314 valence electrons. The van der Waals surface area contributed by atoms with Crippen molar-refractivity contribution in [3.8, 4) is 45.2 Å². The van der Waals surface area contributed by atoms with Crippen LogP contribution in [0.2, 0.25) is 0 Å².